The third-order valence-corrected chi connectivity index (χ3v) is 10.7. The zero-order chi connectivity index (χ0) is 43.7. The van der Waals surface area contributed by atoms with E-state index in [1.54, 1.807) is 0 Å². The van der Waals surface area contributed by atoms with E-state index in [0.717, 1.165) is 22.3 Å². The fraction of sp³-hybridized carbons (Fsp3) is 0.449. The third kappa shape index (κ3) is 13.8. The van der Waals surface area contributed by atoms with Crippen LogP contribution in [-0.2, 0) is 88.2 Å². The molecule has 2 aliphatic rings. The Balaban J connectivity index is 1.30. The van der Waals surface area contributed by atoms with Crippen LogP contribution in [0.1, 0.15) is 62.3 Å². The van der Waals surface area contributed by atoms with E-state index in [9.17, 15) is 14.4 Å². The Morgan fingerprint density at radius 1 is 0.452 bits per heavy atom. The van der Waals surface area contributed by atoms with E-state index in [4.69, 9.17) is 47.4 Å². The van der Waals surface area contributed by atoms with Crippen LogP contribution in [0.2, 0.25) is 0 Å². The second-order valence-corrected chi connectivity index (χ2v) is 15.4. The molecule has 10 atom stereocenters. The summed E-state index contributed by atoms with van der Waals surface area (Å²) in [6.07, 6.45) is -7.12. The predicted octanol–water partition coefficient (Wildman–Crippen LogP) is 7.06. The van der Waals surface area contributed by atoms with Crippen LogP contribution in [0.4, 0.5) is 0 Å². The van der Waals surface area contributed by atoms with Gasteiger partial charge in [-0.3, -0.25) is 14.4 Å². The number of ether oxygens (including phenoxy) is 10. The molecule has 4 aromatic rings. The normalized spacial score (nSPS) is 26.0. The molecule has 2 aliphatic heterocycles. The fourth-order valence-corrected chi connectivity index (χ4v) is 7.91. The summed E-state index contributed by atoms with van der Waals surface area (Å²) in [4.78, 5) is 37.0. The van der Waals surface area contributed by atoms with Crippen LogP contribution in [-0.4, -0.2) is 92.9 Å². The molecular weight excluding hydrogens is 797 g/mol. The molecule has 0 aromatic heterocycles. The predicted molar refractivity (Wildman–Crippen MR) is 226 cm³/mol. The van der Waals surface area contributed by atoms with Crippen LogP contribution in [0.5, 0.6) is 0 Å². The van der Waals surface area contributed by atoms with Gasteiger partial charge in [-0.1, -0.05) is 121 Å². The number of carbonyl (C=O) groups is 3. The Kier molecular flexibility index (Phi) is 18.0. The van der Waals surface area contributed by atoms with Gasteiger partial charge in [-0.05, 0) is 41.5 Å². The molecule has 13 heteroatoms. The smallest absolute Gasteiger partial charge is 0.303 e. The van der Waals surface area contributed by atoms with E-state index in [1.165, 1.54) is 27.9 Å². The van der Waals surface area contributed by atoms with Gasteiger partial charge in [0.15, 0.2) is 24.6 Å². The Morgan fingerprint density at radius 3 is 1.29 bits per heavy atom. The number of methoxy groups -OCH3 is 1. The summed E-state index contributed by atoms with van der Waals surface area (Å²) < 4.78 is 62.8. The van der Waals surface area contributed by atoms with Gasteiger partial charge in [0.1, 0.15) is 30.5 Å². The van der Waals surface area contributed by atoms with Crippen LogP contribution >= 0.6 is 0 Å². The SMILES string of the molecule is CO[C@H]1O[C@H](CCC[C@H]2O[C@H](COCc3ccccc3)[C@@H](OCc3ccccc3)[C@H](OCc3ccccc3)[C@H]2OCc2ccccc2)[C@@H](OC(C)=O)[C@H](OC(C)=O)[C@H]1OC(C)=O. The van der Waals surface area contributed by atoms with Gasteiger partial charge < -0.3 is 47.4 Å². The van der Waals surface area contributed by atoms with Crippen molar-refractivity contribution >= 4 is 17.9 Å². The van der Waals surface area contributed by atoms with Crippen LogP contribution in [0, 0.1) is 0 Å². The average molecular weight is 855 g/mol. The molecule has 2 saturated heterocycles. The lowest BCUT2D eigenvalue weighted by atomic mass is 9.89. The highest BCUT2D eigenvalue weighted by Gasteiger charge is 2.52. The highest BCUT2D eigenvalue weighted by Crippen LogP contribution is 2.35. The number of rotatable bonds is 21. The summed E-state index contributed by atoms with van der Waals surface area (Å²) >= 11 is 0. The van der Waals surface area contributed by atoms with Crippen molar-refractivity contribution in [3.63, 3.8) is 0 Å². The van der Waals surface area contributed by atoms with Crippen molar-refractivity contribution in [2.75, 3.05) is 13.7 Å². The molecule has 13 nitrogen and oxygen atoms in total. The monoisotopic (exact) mass is 854 g/mol. The van der Waals surface area contributed by atoms with Gasteiger partial charge in [0.2, 0.25) is 0 Å². The highest BCUT2D eigenvalue weighted by atomic mass is 16.7. The van der Waals surface area contributed by atoms with Gasteiger partial charge >= 0.3 is 17.9 Å². The van der Waals surface area contributed by atoms with Crippen LogP contribution in [0.3, 0.4) is 0 Å². The van der Waals surface area contributed by atoms with Crippen molar-refractivity contribution in [2.45, 2.75) is 128 Å². The number of hydrogen-bond acceptors (Lipinski definition) is 13. The molecule has 4 aromatic carbocycles. The van der Waals surface area contributed by atoms with E-state index in [-0.39, 0.29) is 13.2 Å². The van der Waals surface area contributed by atoms with E-state index < -0.39 is 79.1 Å². The first-order chi connectivity index (χ1) is 30.2. The zero-order valence-electron chi connectivity index (χ0n) is 35.8. The summed E-state index contributed by atoms with van der Waals surface area (Å²) in [5.41, 5.74) is 3.99. The van der Waals surface area contributed by atoms with Crippen LogP contribution in [0.15, 0.2) is 121 Å². The molecule has 0 radical (unpaired) electrons. The standard InChI is InChI=1S/C49H58O13/c1-33(50)58-45-41(62-49(53-4)48(60-35(3)52)47(45)59-34(2)51)27-17-26-40-43(55-29-37-20-11-6-12-21-37)46(57-31-39-24-15-8-16-25-39)44(56-30-38-22-13-7-14-23-38)42(61-40)32-54-28-36-18-9-5-10-19-36/h5-16,18-25,40-49H,17,26-32H2,1-4H3/t40-,41-,42-,43+,44-,45-,46-,47+,48-,49+/m1/s1. The summed E-state index contributed by atoms with van der Waals surface area (Å²) in [5.74, 6) is -1.92. The van der Waals surface area contributed by atoms with Crippen molar-refractivity contribution in [1.29, 1.82) is 0 Å². The van der Waals surface area contributed by atoms with Gasteiger partial charge in [0, 0.05) is 27.9 Å². The lowest BCUT2D eigenvalue weighted by Gasteiger charge is -2.47. The lowest BCUT2D eigenvalue weighted by molar-refractivity contribution is -0.299. The van der Waals surface area contributed by atoms with Crippen molar-refractivity contribution in [3.8, 4) is 0 Å². The second-order valence-electron chi connectivity index (χ2n) is 15.4. The molecule has 0 N–H and O–H groups in total. The van der Waals surface area contributed by atoms with E-state index in [0.29, 0.717) is 39.1 Å². The molecule has 0 amide bonds. The van der Waals surface area contributed by atoms with E-state index in [2.05, 4.69) is 0 Å². The van der Waals surface area contributed by atoms with Gasteiger partial charge in [-0.2, -0.15) is 0 Å². The molecule has 2 heterocycles. The van der Waals surface area contributed by atoms with Crippen LogP contribution in [0.25, 0.3) is 0 Å². The second kappa shape index (κ2) is 24.0. The van der Waals surface area contributed by atoms with Gasteiger partial charge in [-0.25, -0.2) is 0 Å². The number of benzene rings is 4. The molecule has 2 fully saturated rings. The minimum absolute atomic E-state index is 0.207. The molecular formula is C49H58O13. The maximum absolute atomic E-state index is 12.5. The first-order valence-corrected chi connectivity index (χ1v) is 21.1. The minimum Gasteiger partial charge on any atom is -0.456 e. The average Bonchev–Trinajstić information content (AvgIpc) is 3.27. The first-order valence-electron chi connectivity index (χ1n) is 21.1. The largest absolute Gasteiger partial charge is 0.456 e. The van der Waals surface area contributed by atoms with Gasteiger partial charge in [0.05, 0.1) is 39.1 Å². The van der Waals surface area contributed by atoms with Crippen LogP contribution < -0.4 is 0 Å². The summed E-state index contributed by atoms with van der Waals surface area (Å²) in [6, 6.07) is 39.7. The van der Waals surface area contributed by atoms with Gasteiger partial charge in [-0.15, -0.1) is 0 Å². The lowest BCUT2D eigenvalue weighted by Crippen LogP contribution is -2.62. The van der Waals surface area contributed by atoms with Gasteiger partial charge in [0.25, 0.3) is 0 Å². The van der Waals surface area contributed by atoms with E-state index >= 15 is 0 Å². The molecule has 6 rings (SSSR count). The Bertz CT molecular complexity index is 1930. The Labute approximate surface area is 363 Å². The molecule has 62 heavy (non-hydrogen) atoms. The van der Waals surface area contributed by atoms with E-state index in [1.807, 2.05) is 121 Å². The zero-order valence-corrected chi connectivity index (χ0v) is 35.8. The quantitative estimate of drug-likeness (QED) is 0.0624. The molecule has 0 bridgehead atoms. The molecule has 0 unspecified atom stereocenters. The summed E-state index contributed by atoms with van der Waals surface area (Å²) in [6.45, 7) is 5.17. The Hall–Kier alpha value is -4.99. The maximum Gasteiger partial charge on any atom is 0.303 e. The van der Waals surface area contributed by atoms with Crippen molar-refractivity contribution in [1.82, 2.24) is 0 Å². The topological polar surface area (TPSA) is 144 Å². The highest BCUT2D eigenvalue weighted by molar-refractivity contribution is 5.68. The Morgan fingerprint density at radius 2 is 0.839 bits per heavy atom. The maximum atomic E-state index is 12.5. The molecule has 0 aliphatic carbocycles. The molecule has 332 valence electrons. The summed E-state index contributed by atoms with van der Waals surface area (Å²) in [5, 5.41) is 0. The van der Waals surface area contributed by atoms with Crippen molar-refractivity contribution in [2.24, 2.45) is 0 Å². The van der Waals surface area contributed by atoms with Crippen molar-refractivity contribution in [3.05, 3.63) is 144 Å². The molecule has 0 saturated carbocycles. The number of carbonyl (C=O) groups excluding carboxylic acids is 3. The first kappa shape index (κ1) is 46.5. The fourth-order valence-electron chi connectivity index (χ4n) is 7.91. The summed E-state index contributed by atoms with van der Waals surface area (Å²) in [7, 11) is 1.39. The van der Waals surface area contributed by atoms with Crippen molar-refractivity contribution < 1.29 is 61.8 Å². The minimum atomic E-state index is -1.19. The molecule has 0 spiro atoms. The number of esters is 3. The number of hydrogen-bond donors (Lipinski definition) is 0. The third-order valence-electron chi connectivity index (χ3n) is 10.7.